The van der Waals surface area contributed by atoms with Crippen LogP contribution in [0.25, 0.3) is 0 Å². The van der Waals surface area contributed by atoms with E-state index in [4.69, 9.17) is 9.47 Å². The molecule has 168 valence electrons. The molecule has 0 radical (unpaired) electrons. The van der Waals surface area contributed by atoms with Crippen LogP contribution in [0.15, 0.2) is 42.5 Å². The number of nitrogens with zero attached hydrogens (tertiary/aromatic N) is 1. The summed E-state index contributed by atoms with van der Waals surface area (Å²) in [6.45, 7) is 6.21. The molecule has 2 aromatic carbocycles. The highest BCUT2D eigenvalue weighted by molar-refractivity contribution is 5.76. The summed E-state index contributed by atoms with van der Waals surface area (Å²) in [5.74, 6) is 1.65. The van der Waals surface area contributed by atoms with Crippen LogP contribution in [0.3, 0.4) is 0 Å². The van der Waals surface area contributed by atoms with Gasteiger partial charge in [0.2, 0.25) is 0 Å². The Kier molecular flexibility index (Phi) is 8.14. The second-order valence-electron chi connectivity index (χ2n) is 8.38. The van der Waals surface area contributed by atoms with Gasteiger partial charge >= 0.3 is 0 Å². The van der Waals surface area contributed by atoms with Gasteiger partial charge in [-0.2, -0.15) is 0 Å². The Morgan fingerprint density at radius 3 is 2.13 bits per heavy atom. The van der Waals surface area contributed by atoms with Crippen molar-refractivity contribution in [1.82, 2.24) is 5.32 Å². The number of hydrogen-bond acceptors (Lipinski definition) is 4. The molecule has 1 aliphatic rings. The number of ether oxygens (including phenoxy) is 2. The van der Waals surface area contributed by atoms with Crippen LogP contribution < -0.4 is 29.5 Å². The van der Waals surface area contributed by atoms with Gasteiger partial charge in [-0.1, -0.05) is 12.1 Å². The Morgan fingerprint density at radius 1 is 0.903 bits per heavy atom. The quantitative estimate of drug-likeness (QED) is 0.498. The number of nitrogens with one attached hydrogen (secondary N) is 3. The lowest BCUT2D eigenvalue weighted by atomic mass is 10.1. The first-order valence-corrected chi connectivity index (χ1v) is 10.9. The fraction of sp³-hybridized carbons (Fsp3) is 0.458. The van der Waals surface area contributed by atoms with E-state index in [1.54, 1.807) is 14.2 Å². The van der Waals surface area contributed by atoms with Gasteiger partial charge < -0.3 is 29.5 Å². The molecule has 1 fully saturated rings. The zero-order valence-corrected chi connectivity index (χ0v) is 19.2. The van der Waals surface area contributed by atoms with E-state index in [1.807, 2.05) is 20.2 Å². The first-order valence-electron chi connectivity index (χ1n) is 10.9. The predicted octanol–water partition coefficient (Wildman–Crippen LogP) is -0.630. The highest BCUT2D eigenvalue weighted by atomic mass is 16.5. The minimum absolute atomic E-state index is 0.120. The van der Waals surface area contributed by atoms with Crippen LogP contribution in [0.1, 0.15) is 11.1 Å². The second-order valence-corrected chi connectivity index (χ2v) is 8.38. The third-order valence-corrected chi connectivity index (χ3v) is 5.92. The van der Waals surface area contributed by atoms with E-state index in [1.165, 1.54) is 15.4 Å². The van der Waals surface area contributed by atoms with E-state index in [2.05, 4.69) is 46.6 Å². The van der Waals surface area contributed by atoms with Gasteiger partial charge in [0.15, 0.2) is 18.0 Å². The molecule has 1 amide bonds. The van der Waals surface area contributed by atoms with Crippen LogP contribution in [0.5, 0.6) is 11.5 Å². The third-order valence-electron chi connectivity index (χ3n) is 5.92. The number of piperazine rings is 1. The normalized spacial score (nSPS) is 18.3. The Hall–Kier alpha value is -2.77. The first-order chi connectivity index (χ1) is 15.0. The van der Waals surface area contributed by atoms with E-state index in [-0.39, 0.29) is 5.91 Å². The standard InChI is InChI=1S/C24H34N4O3/c1-26(2)21-8-5-19(6-9-21)16-25-24(29)18-28-13-11-27(12-14-28)17-20-7-10-22(30-3)23(15-20)31-4/h5-10,15H,11-14,16-18H2,1-4H3,(H,25,29)/p+2. The van der Waals surface area contributed by atoms with Crippen LogP contribution in [-0.2, 0) is 17.9 Å². The minimum Gasteiger partial charge on any atom is -0.493 e. The van der Waals surface area contributed by atoms with Crippen molar-refractivity contribution in [2.45, 2.75) is 13.1 Å². The van der Waals surface area contributed by atoms with Gasteiger partial charge in [0, 0.05) is 31.9 Å². The van der Waals surface area contributed by atoms with Crippen molar-refractivity contribution < 1.29 is 24.1 Å². The molecular weight excluding hydrogens is 392 g/mol. The van der Waals surface area contributed by atoms with Crippen LogP contribution in [0.2, 0.25) is 0 Å². The summed E-state index contributed by atoms with van der Waals surface area (Å²) >= 11 is 0. The smallest absolute Gasteiger partial charge is 0.275 e. The van der Waals surface area contributed by atoms with Crippen molar-refractivity contribution in [3.8, 4) is 11.5 Å². The SMILES string of the molecule is COc1ccc(C[NH+]2CC[NH+](CC(=O)NCc3ccc(N(C)C)cc3)CC2)cc1OC. The van der Waals surface area contributed by atoms with Crippen LogP contribution in [0, 0.1) is 0 Å². The Morgan fingerprint density at radius 2 is 1.52 bits per heavy atom. The maximum Gasteiger partial charge on any atom is 0.275 e. The molecule has 0 aromatic heterocycles. The molecule has 0 aliphatic carbocycles. The number of hydrogen-bond donors (Lipinski definition) is 3. The number of rotatable bonds is 9. The summed E-state index contributed by atoms with van der Waals surface area (Å²) in [6.07, 6.45) is 0. The molecule has 2 aromatic rings. The number of methoxy groups -OCH3 is 2. The number of benzene rings is 2. The molecule has 0 atom stereocenters. The molecule has 0 saturated carbocycles. The number of amides is 1. The molecular formula is C24H36N4O3+2. The Balaban J connectivity index is 1.40. The number of anilines is 1. The van der Waals surface area contributed by atoms with Crippen molar-refractivity contribution in [1.29, 1.82) is 0 Å². The topological polar surface area (TPSA) is 59.7 Å². The molecule has 3 rings (SSSR count). The van der Waals surface area contributed by atoms with Gasteiger partial charge in [-0.25, -0.2) is 0 Å². The maximum absolute atomic E-state index is 12.4. The third kappa shape index (κ3) is 6.60. The van der Waals surface area contributed by atoms with Crippen LogP contribution in [-0.4, -0.2) is 66.9 Å². The van der Waals surface area contributed by atoms with Gasteiger partial charge in [-0.15, -0.1) is 0 Å². The zero-order valence-electron chi connectivity index (χ0n) is 19.2. The van der Waals surface area contributed by atoms with Crippen molar-refractivity contribution in [2.75, 3.05) is 65.9 Å². The minimum atomic E-state index is 0.120. The lowest BCUT2D eigenvalue weighted by molar-refractivity contribution is -1.02. The summed E-state index contributed by atoms with van der Waals surface area (Å²) in [7, 11) is 7.37. The molecule has 1 saturated heterocycles. The molecule has 0 unspecified atom stereocenters. The predicted molar refractivity (Wildman–Crippen MR) is 122 cm³/mol. The number of carbonyl (C=O) groups is 1. The average molecular weight is 429 g/mol. The average Bonchev–Trinajstić information content (AvgIpc) is 2.79. The van der Waals surface area contributed by atoms with Crippen LogP contribution >= 0.6 is 0 Å². The van der Waals surface area contributed by atoms with Crippen molar-refractivity contribution >= 4 is 11.6 Å². The highest BCUT2D eigenvalue weighted by Crippen LogP contribution is 2.27. The Labute approximate surface area is 185 Å². The first kappa shape index (κ1) is 22.9. The summed E-state index contributed by atoms with van der Waals surface area (Å²) in [5.41, 5.74) is 3.53. The molecule has 1 aliphatic heterocycles. The van der Waals surface area contributed by atoms with Crippen molar-refractivity contribution in [3.05, 3.63) is 53.6 Å². The van der Waals surface area contributed by atoms with E-state index < -0.39 is 0 Å². The lowest BCUT2D eigenvalue weighted by Gasteiger charge is -2.29. The summed E-state index contributed by atoms with van der Waals surface area (Å²) < 4.78 is 10.7. The zero-order chi connectivity index (χ0) is 22.2. The molecule has 0 bridgehead atoms. The van der Waals surface area contributed by atoms with Gasteiger partial charge in [0.25, 0.3) is 5.91 Å². The molecule has 7 nitrogen and oxygen atoms in total. The fourth-order valence-electron chi connectivity index (χ4n) is 3.99. The second kappa shape index (κ2) is 11.0. The molecule has 7 heteroatoms. The van der Waals surface area contributed by atoms with Gasteiger partial charge in [0.1, 0.15) is 32.7 Å². The Bertz CT molecular complexity index is 846. The fourth-order valence-corrected chi connectivity index (χ4v) is 3.99. The van der Waals surface area contributed by atoms with Crippen LogP contribution in [0.4, 0.5) is 5.69 Å². The highest BCUT2D eigenvalue weighted by Gasteiger charge is 2.25. The molecule has 0 spiro atoms. The van der Waals surface area contributed by atoms with Crippen molar-refractivity contribution in [3.63, 3.8) is 0 Å². The maximum atomic E-state index is 12.4. The molecule has 31 heavy (non-hydrogen) atoms. The van der Waals surface area contributed by atoms with Crippen molar-refractivity contribution in [2.24, 2.45) is 0 Å². The summed E-state index contributed by atoms with van der Waals surface area (Å²) in [4.78, 5) is 17.4. The van der Waals surface area contributed by atoms with E-state index in [0.29, 0.717) is 13.1 Å². The van der Waals surface area contributed by atoms with Gasteiger partial charge in [-0.3, -0.25) is 4.79 Å². The van der Waals surface area contributed by atoms with E-state index in [9.17, 15) is 4.79 Å². The summed E-state index contributed by atoms with van der Waals surface area (Å²) in [5, 5.41) is 3.06. The summed E-state index contributed by atoms with van der Waals surface area (Å²) in [6, 6.07) is 14.4. The van der Waals surface area contributed by atoms with E-state index >= 15 is 0 Å². The molecule has 1 heterocycles. The van der Waals surface area contributed by atoms with Gasteiger partial charge in [0.05, 0.1) is 14.2 Å². The number of quaternary nitrogens is 2. The van der Waals surface area contributed by atoms with Gasteiger partial charge in [-0.05, 0) is 35.9 Å². The van der Waals surface area contributed by atoms with E-state index in [0.717, 1.165) is 55.5 Å². The number of carbonyl (C=O) groups excluding carboxylic acids is 1. The monoisotopic (exact) mass is 428 g/mol. The molecule has 3 N–H and O–H groups in total. The largest absolute Gasteiger partial charge is 0.493 e. The lowest BCUT2D eigenvalue weighted by Crippen LogP contribution is -3.28.